The summed E-state index contributed by atoms with van der Waals surface area (Å²) in [6.45, 7) is 2.80. The van der Waals surface area contributed by atoms with Crippen molar-refractivity contribution in [3.05, 3.63) is 11.3 Å². The normalized spacial score (nSPS) is 19.7. The summed E-state index contributed by atoms with van der Waals surface area (Å²) in [6.07, 6.45) is 2.59. The van der Waals surface area contributed by atoms with Crippen molar-refractivity contribution < 1.29 is 0 Å². The minimum Gasteiger partial charge on any atom is -0.368 e. The van der Waals surface area contributed by atoms with Crippen molar-refractivity contribution in [2.75, 3.05) is 17.6 Å². The van der Waals surface area contributed by atoms with Gasteiger partial charge < -0.3 is 5.32 Å². The highest BCUT2D eigenvalue weighted by Gasteiger charge is 2.18. The molecule has 1 aliphatic heterocycles. The second-order valence-corrected chi connectivity index (χ2v) is 5.47. The van der Waals surface area contributed by atoms with Crippen LogP contribution >= 0.6 is 11.8 Å². The van der Waals surface area contributed by atoms with Gasteiger partial charge in [-0.15, -0.1) is 0 Å². The number of aromatic nitrogens is 2. The van der Waals surface area contributed by atoms with Gasteiger partial charge in [0.1, 0.15) is 17.5 Å². The molecule has 0 amide bonds. The molecule has 1 aliphatic rings. The van der Waals surface area contributed by atoms with Crippen LogP contribution in [0.1, 0.15) is 24.1 Å². The molecule has 1 fully saturated rings. The minimum atomic E-state index is 0.672. The van der Waals surface area contributed by atoms with Gasteiger partial charge in [-0.25, -0.2) is 0 Å². The molecule has 4 nitrogen and oxygen atoms in total. The number of hydrogen-bond acceptors (Lipinski definition) is 4. The Hall–Kier alpha value is -1.15. The molecule has 1 unspecified atom stereocenters. The Morgan fingerprint density at radius 3 is 3.12 bits per heavy atom. The van der Waals surface area contributed by atoms with Crippen LogP contribution in [0.15, 0.2) is 0 Å². The summed E-state index contributed by atoms with van der Waals surface area (Å²) < 4.78 is 1.76. The Morgan fingerprint density at radius 1 is 1.69 bits per heavy atom. The molecule has 0 aromatic carbocycles. The van der Waals surface area contributed by atoms with Crippen LogP contribution in [-0.2, 0) is 7.05 Å². The molecule has 1 atom stereocenters. The van der Waals surface area contributed by atoms with Crippen LogP contribution in [0.2, 0.25) is 0 Å². The van der Waals surface area contributed by atoms with Crippen molar-refractivity contribution in [2.45, 2.75) is 25.0 Å². The summed E-state index contributed by atoms with van der Waals surface area (Å²) in [5.74, 6) is 2.12. The summed E-state index contributed by atoms with van der Waals surface area (Å²) in [6, 6.07) is 2.21. The smallest absolute Gasteiger partial charge is 0.142 e. The number of aryl methyl sites for hydroxylation is 2. The lowest BCUT2D eigenvalue weighted by Crippen LogP contribution is -2.16. The Bertz CT molecular complexity index is 412. The summed E-state index contributed by atoms with van der Waals surface area (Å²) in [4.78, 5) is 0. The second-order valence-electron chi connectivity index (χ2n) is 4.06. The standard InChI is InChI=1S/C11H16N4S/c1-8-10(6-12)11(15(2)14-8)13-7-9-4-3-5-16-9/h9,13H,3-5,7H2,1-2H3. The van der Waals surface area contributed by atoms with Crippen molar-refractivity contribution in [1.82, 2.24) is 9.78 Å². The molecular weight excluding hydrogens is 220 g/mol. The molecule has 0 bridgehead atoms. The number of nitriles is 1. The van der Waals surface area contributed by atoms with Crippen LogP contribution in [0.25, 0.3) is 0 Å². The lowest BCUT2D eigenvalue weighted by molar-refractivity contribution is 0.747. The first-order chi connectivity index (χ1) is 7.72. The van der Waals surface area contributed by atoms with Crippen LogP contribution in [0, 0.1) is 18.3 Å². The quantitative estimate of drug-likeness (QED) is 0.871. The fraction of sp³-hybridized carbons (Fsp3) is 0.636. The Balaban J connectivity index is 2.06. The maximum Gasteiger partial charge on any atom is 0.142 e. The zero-order valence-corrected chi connectivity index (χ0v) is 10.5. The van der Waals surface area contributed by atoms with Gasteiger partial charge in [0.2, 0.25) is 0 Å². The predicted molar refractivity (Wildman–Crippen MR) is 66.6 cm³/mol. The van der Waals surface area contributed by atoms with Gasteiger partial charge in [0.15, 0.2) is 0 Å². The zero-order valence-electron chi connectivity index (χ0n) is 9.66. The molecule has 5 heteroatoms. The van der Waals surface area contributed by atoms with E-state index in [1.807, 2.05) is 25.7 Å². The van der Waals surface area contributed by atoms with Crippen molar-refractivity contribution in [2.24, 2.45) is 7.05 Å². The van der Waals surface area contributed by atoms with Gasteiger partial charge in [0.25, 0.3) is 0 Å². The number of rotatable bonds is 3. The molecular formula is C11H16N4S. The van der Waals surface area contributed by atoms with Gasteiger partial charge in [-0.2, -0.15) is 22.1 Å². The molecule has 1 aromatic heterocycles. The highest BCUT2D eigenvalue weighted by atomic mass is 32.2. The summed E-state index contributed by atoms with van der Waals surface area (Å²) in [5.41, 5.74) is 1.47. The Labute approximate surface area is 100 Å². The molecule has 1 N–H and O–H groups in total. The highest BCUT2D eigenvalue weighted by molar-refractivity contribution is 8.00. The van der Waals surface area contributed by atoms with Crippen molar-refractivity contribution in [3.63, 3.8) is 0 Å². The summed E-state index contributed by atoms with van der Waals surface area (Å²) in [5, 5.41) is 17.3. The number of anilines is 1. The molecule has 16 heavy (non-hydrogen) atoms. The van der Waals surface area contributed by atoms with Gasteiger partial charge in [0, 0.05) is 18.8 Å². The Kier molecular flexibility index (Phi) is 3.39. The van der Waals surface area contributed by atoms with E-state index in [0.29, 0.717) is 10.8 Å². The maximum absolute atomic E-state index is 9.06. The third-order valence-electron chi connectivity index (χ3n) is 2.86. The fourth-order valence-electron chi connectivity index (χ4n) is 2.01. The van der Waals surface area contributed by atoms with Gasteiger partial charge >= 0.3 is 0 Å². The largest absolute Gasteiger partial charge is 0.368 e. The van der Waals surface area contributed by atoms with Crippen molar-refractivity contribution in [1.29, 1.82) is 5.26 Å². The fourth-order valence-corrected chi connectivity index (χ4v) is 3.21. The van der Waals surface area contributed by atoms with Crippen molar-refractivity contribution >= 4 is 17.6 Å². The lowest BCUT2D eigenvalue weighted by atomic mass is 10.2. The zero-order chi connectivity index (χ0) is 11.5. The third kappa shape index (κ3) is 2.17. The van der Waals surface area contributed by atoms with E-state index in [1.165, 1.54) is 18.6 Å². The molecule has 0 saturated carbocycles. The minimum absolute atomic E-state index is 0.672. The molecule has 2 rings (SSSR count). The Morgan fingerprint density at radius 2 is 2.50 bits per heavy atom. The van der Waals surface area contributed by atoms with Crippen LogP contribution < -0.4 is 5.32 Å². The van der Waals surface area contributed by atoms with E-state index in [-0.39, 0.29) is 0 Å². The van der Waals surface area contributed by atoms with E-state index in [0.717, 1.165) is 18.1 Å². The topological polar surface area (TPSA) is 53.6 Å². The molecule has 1 aromatic rings. The van der Waals surface area contributed by atoms with Crippen LogP contribution in [0.5, 0.6) is 0 Å². The number of nitrogens with zero attached hydrogens (tertiary/aromatic N) is 3. The van der Waals surface area contributed by atoms with E-state index in [2.05, 4.69) is 16.5 Å². The second kappa shape index (κ2) is 4.79. The molecule has 0 aliphatic carbocycles. The van der Waals surface area contributed by atoms with Gasteiger partial charge in [0.05, 0.1) is 5.69 Å². The molecule has 0 radical (unpaired) electrons. The predicted octanol–water partition coefficient (Wildman–Crippen LogP) is 1.91. The van der Waals surface area contributed by atoms with Gasteiger partial charge in [-0.05, 0) is 25.5 Å². The highest BCUT2D eigenvalue weighted by Crippen LogP contribution is 2.27. The van der Waals surface area contributed by atoms with Crippen LogP contribution in [-0.4, -0.2) is 27.3 Å². The van der Waals surface area contributed by atoms with Crippen LogP contribution in [0.3, 0.4) is 0 Å². The van der Waals surface area contributed by atoms with Crippen LogP contribution in [0.4, 0.5) is 5.82 Å². The molecule has 1 saturated heterocycles. The van der Waals surface area contributed by atoms with E-state index in [1.54, 1.807) is 4.68 Å². The van der Waals surface area contributed by atoms with Gasteiger partial charge in [-0.3, -0.25) is 4.68 Å². The van der Waals surface area contributed by atoms with Gasteiger partial charge in [-0.1, -0.05) is 0 Å². The molecule has 0 spiro atoms. The summed E-state index contributed by atoms with van der Waals surface area (Å²) >= 11 is 2.01. The monoisotopic (exact) mass is 236 g/mol. The molecule has 2 heterocycles. The average molecular weight is 236 g/mol. The van der Waals surface area contributed by atoms with E-state index < -0.39 is 0 Å². The lowest BCUT2D eigenvalue weighted by Gasteiger charge is -2.11. The SMILES string of the molecule is Cc1nn(C)c(NCC2CCCS2)c1C#N. The summed E-state index contributed by atoms with van der Waals surface area (Å²) in [7, 11) is 1.87. The first-order valence-electron chi connectivity index (χ1n) is 5.51. The average Bonchev–Trinajstić information content (AvgIpc) is 2.83. The number of nitrogens with one attached hydrogen (secondary N) is 1. The third-order valence-corrected chi connectivity index (χ3v) is 4.25. The molecule has 86 valence electrons. The number of hydrogen-bond donors (Lipinski definition) is 1. The number of thioether (sulfide) groups is 1. The van der Waals surface area contributed by atoms with Crippen molar-refractivity contribution in [3.8, 4) is 6.07 Å². The first-order valence-corrected chi connectivity index (χ1v) is 6.56. The van der Waals surface area contributed by atoms with E-state index in [4.69, 9.17) is 5.26 Å². The van der Waals surface area contributed by atoms with E-state index >= 15 is 0 Å². The maximum atomic E-state index is 9.06. The van der Waals surface area contributed by atoms with E-state index in [9.17, 15) is 0 Å². The first kappa shape index (κ1) is 11.3.